The van der Waals surface area contributed by atoms with E-state index in [9.17, 15) is 9.59 Å². The van der Waals surface area contributed by atoms with Gasteiger partial charge in [0.1, 0.15) is 6.04 Å². The summed E-state index contributed by atoms with van der Waals surface area (Å²) in [4.78, 5) is 24.2. The lowest BCUT2D eigenvalue weighted by atomic mass is 9.86. The Morgan fingerprint density at radius 2 is 1.68 bits per heavy atom. The van der Waals surface area contributed by atoms with Crippen LogP contribution in [0.25, 0.3) is 0 Å². The van der Waals surface area contributed by atoms with E-state index in [1.165, 1.54) is 0 Å². The van der Waals surface area contributed by atoms with Crippen LogP contribution in [0.3, 0.4) is 0 Å². The second-order valence-corrected chi connectivity index (χ2v) is 7.91. The minimum Gasteiger partial charge on any atom is -0.368 e. The van der Waals surface area contributed by atoms with Gasteiger partial charge >= 0.3 is 0 Å². The van der Waals surface area contributed by atoms with Crippen LogP contribution in [0.15, 0.2) is 53.0 Å². The van der Waals surface area contributed by atoms with E-state index in [1.54, 1.807) is 12.1 Å². The summed E-state index contributed by atoms with van der Waals surface area (Å²) in [5, 5.41) is 2.73. The molecule has 0 aliphatic rings. The number of rotatable bonds is 5. The van der Waals surface area contributed by atoms with Crippen molar-refractivity contribution < 1.29 is 9.59 Å². The number of hydrogen-bond acceptors (Lipinski definition) is 2. The Kier molecular flexibility index (Phi) is 6.01. The third kappa shape index (κ3) is 5.16. The normalized spacial score (nSPS) is 12.5. The minimum atomic E-state index is -0.770. The maximum atomic E-state index is 12.5. The fourth-order valence-corrected chi connectivity index (χ4v) is 2.92. The van der Waals surface area contributed by atoms with Crippen molar-refractivity contribution in [3.05, 3.63) is 69.7 Å². The number of amides is 2. The first kappa shape index (κ1) is 19.2. The molecule has 132 valence electrons. The number of hydrogen-bond donors (Lipinski definition) is 2. The van der Waals surface area contributed by atoms with Crippen molar-refractivity contribution in [2.24, 2.45) is 5.73 Å². The molecule has 0 aliphatic carbocycles. The van der Waals surface area contributed by atoms with Crippen LogP contribution in [0.1, 0.15) is 42.3 Å². The Morgan fingerprint density at radius 3 is 2.20 bits per heavy atom. The first-order chi connectivity index (χ1) is 11.7. The van der Waals surface area contributed by atoms with Gasteiger partial charge in [0.05, 0.1) is 0 Å². The highest BCUT2D eigenvalue weighted by molar-refractivity contribution is 9.10. The summed E-state index contributed by atoms with van der Waals surface area (Å²) in [5.41, 5.74) is 8.05. The van der Waals surface area contributed by atoms with Gasteiger partial charge in [0.25, 0.3) is 5.91 Å². The molecule has 0 aromatic heterocycles. The molecule has 0 bridgehead atoms. The van der Waals surface area contributed by atoms with Crippen LogP contribution >= 0.6 is 15.9 Å². The molecular formula is C20H23BrN2O2. The SMILES string of the molecule is CC(C)(C)c1ccc(C(=O)N[C@@H](Cc2ccccc2Br)C(N)=O)cc1. The molecule has 4 nitrogen and oxygen atoms in total. The zero-order valence-electron chi connectivity index (χ0n) is 14.7. The predicted molar refractivity (Wildman–Crippen MR) is 103 cm³/mol. The predicted octanol–water partition coefficient (Wildman–Crippen LogP) is 3.57. The summed E-state index contributed by atoms with van der Waals surface area (Å²) < 4.78 is 0.880. The van der Waals surface area contributed by atoms with E-state index in [1.807, 2.05) is 36.4 Å². The monoisotopic (exact) mass is 402 g/mol. The zero-order valence-corrected chi connectivity index (χ0v) is 16.3. The number of nitrogens with two attached hydrogens (primary N) is 1. The van der Waals surface area contributed by atoms with Gasteiger partial charge in [0, 0.05) is 16.5 Å². The summed E-state index contributed by atoms with van der Waals surface area (Å²) in [6, 6.07) is 14.2. The van der Waals surface area contributed by atoms with Crippen molar-refractivity contribution in [2.75, 3.05) is 0 Å². The van der Waals surface area contributed by atoms with Gasteiger partial charge in [-0.15, -0.1) is 0 Å². The van der Waals surface area contributed by atoms with Crippen molar-refractivity contribution in [3.63, 3.8) is 0 Å². The summed E-state index contributed by atoms with van der Waals surface area (Å²) in [6.45, 7) is 6.34. The standard InChI is InChI=1S/C20H23BrN2O2/c1-20(2,3)15-10-8-13(9-11-15)19(25)23-17(18(22)24)12-14-6-4-5-7-16(14)21/h4-11,17H,12H2,1-3H3,(H2,22,24)(H,23,25)/t17-/m0/s1. The second-order valence-electron chi connectivity index (χ2n) is 7.05. The first-order valence-corrected chi connectivity index (χ1v) is 8.92. The maximum absolute atomic E-state index is 12.5. The number of nitrogens with one attached hydrogen (secondary N) is 1. The molecule has 2 aromatic carbocycles. The molecule has 0 heterocycles. The highest BCUT2D eigenvalue weighted by atomic mass is 79.9. The van der Waals surface area contributed by atoms with Crippen molar-refractivity contribution >= 4 is 27.7 Å². The number of benzene rings is 2. The fourth-order valence-electron chi connectivity index (χ4n) is 2.47. The van der Waals surface area contributed by atoms with E-state index in [0.717, 1.165) is 15.6 Å². The van der Waals surface area contributed by atoms with E-state index in [4.69, 9.17) is 5.73 Å². The van der Waals surface area contributed by atoms with E-state index >= 15 is 0 Å². The average molecular weight is 403 g/mol. The van der Waals surface area contributed by atoms with Gasteiger partial charge in [0.2, 0.25) is 5.91 Å². The van der Waals surface area contributed by atoms with Crippen LogP contribution in [0, 0.1) is 0 Å². The molecule has 0 fully saturated rings. The molecule has 0 saturated heterocycles. The third-order valence-electron chi connectivity index (χ3n) is 4.04. The number of carbonyl (C=O) groups excluding carboxylic acids is 2. The lowest BCUT2D eigenvalue weighted by Gasteiger charge is -2.20. The molecule has 0 aliphatic heterocycles. The van der Waals surface area contributed by atoms with Gasteiger partial charge in [-0.05, 0) is 34.7 Å². The van der Waals surface area contributed by atoms with Gasteiger partial charge in [-0.2, -0.15) is 0 Å². The molecular weight excluding hydrogens is 380 g/mol. The van der Waals surface area contributed by atoms with Crippen molar-refractivity contribution in [2.45, 2.75) is 38.6 Å². The number of halogens is 1. The molecule has 0 spiro atoms. The molecule has 0 saturated carbocycles. The molecule has 2 aromatic rings. The van der Waals surface area contributed by atoms with Gasteiger partial charge in [-0.3, -0.25) is 9.59 Å². The van der Waals surface area contributed by atoms with E-state index in [-0.39, 0.29) is 11.3 Å². The number of carbonyl (C=O) groups is 2. The lowest BCUT2D eigenvalue weighted by Crippen LogP contribution is -2.45. The van der Waals surface area contributed by atoms with Gasteiger partial charge < -0.3 is 11.1 Å². The van der Waals surface area contributed by atoms with Crippen LogP contribution in [0.4, 0.5) is 0 Å². The van der Waals surface area contributed by atoms with Gasteiger partial charge in [0.15, 0.2) is 0 Å². The minimum absolute atomic E-state index is 0.0182. The summed E-state index contributed by atoms with van der Waals surface area (Å²) in [5.74, 6) is -0.869. The Hall–Kier alpha value is -2.14. The first-order valence-electron chi connectivity index (χ1n) is 8.12. The van der Waals surface area contributed by atoms with Crippen LogP contribution in [0.5, 0.6) is 0 Å². The number of primary amides is 1. The molecule has 2 rings (SSSR count). The van der Waals surface area contributed by atoms with Crippen LogP contribution in [-0.4, -0.2) is 17.9 Å². The Morgan fingerprint density at radius 1 is 1.08 bits per heavy atom. The largest absolute Gasteiger partial charge is 0.368 e. The third-order valence-corrected chi connectivity index (χ3v) is 4.82. The van der Waals surface area contributed by atoms with E-state index in [0.29, 0.717) is 12.0 Å². The lowest BCUT2D eigenvalue weighted by molar-refractivity contribution is -0.119. The van der Waals surface area contributed by atoms with Crippen LogP contribution < -0.4 is 11.1 Å². The smallest absolute Gasteiger partial charge is 0.251 e. The Labute approximate surface area is 156 Å². The molecule has 25 heavy (non-hydrogen) atoms. The van der Waals surface area contributed by atoms with Gasteiger partial charge in [-0.25, -0.2) is 0 Å². The topological polar surface area (TPSA) is 72.2 Å². The second kappa shape index (κ2) is 7.83. The molecule has 3 N–H and O–H groups in total. The quantitative estimate of drug-likeness (QED) is 0.801. The summed E-state index contributed by atoms with van der Waals surface area (Å²) in [7, 11) is 0. The molecule has 1 atom stereocenters. The molecule has 0 radical (unpaired) electrons. The van der Waals surface area contributed by atoms with Crippen LogP contribution in [-0.2, 0) is 16.6 Å². The fraction of sp³-hybridized carbons (Fsp3) is 0.300. The average Bonchev–Trinajstić information content (AvgIpc) is 2.55. The van der Waals surface area contributed by atoms with Crippen molar-refractivity contribution in [1.82, 2.24) is 5.32 Å². The Balaban J connectivity index is 2.13. The zero-order chi connectivity index (χ0) is 18.6. The molecule has 2 amide bonds. The summed E-state index contributed by atoms with van der Waals surface area (Å²) >= 11 is 3.45. The van der Waals surface area contributed by atoms with E-state index < -0.39 is 11.9 Å². The van der Waals surface area contributed by atoms with Crippen LogP contribution in [0.2, 0.25) is 0 Å². The van der Waals surface area contributed by atoms with Gasteiger partial charge in [-0.1, -0.05) is 67.0 Å². The molecule has 5 heteroatoms. The highest BCUT2D eigenvalue weighted by Gasteiger charge is 2.21. The maximum Gasteiger partial charge on any atom is 0.251 e. The summed E-state index contributed by atoms with van der Waals surface area (Å²) in [6.07, 6.45) is 0.336. The van der Waals surface area contributed by atoms with Crippen molar-refractivity contribution in [3.8, 4) is 0 Å². The van der Waals surface area contributed by atoms with E-state index in [2.05, 4.69) is 42.0 Å². The molecule has 0 unspecified atom stereocenters. The Bertz CT molecular complexity index is 764. The highest BCUT2D eigenvalue weighted by Crippen LogP contribution is 2.22. The van der Waals surface area contributed by atoms with Crippen molar-refractivity contribution in [1.29, 1.82) is 0 Å².